The fourth-order valence-corrected chi connectivity index (χ4v) is 3.79. The molecule has 0 bridgehead atoms. The van der Waals surface area contributed by atoms with Crippen LogP contribution in [0.1, 0.15) is 44.9 Å². The Bertz CT molecular complexity index is 503. The van der Waals surface area contributed by atoms with E-state index in [9.17, 15) is 4.79 Å². The minimum absolute atomic E-state index is 0.188. The van der Waals surface area contributed by atoms with Crippen molar-refractivity contribution in [1.29, 1.82) is 0 Å². The van der Waals surface area contributed by atoms with Crippen molar-refractivity contribution in [1.82, 2.24) is 15.2 Å². The highest BCUT2D eigenvalue weighted by Gasteiger charge is 2.23. The zero-order valence-electron chi connectivity index (χ0n) is 14.5. The molecule has 1 aromatic heterocycles. The summed E-state index contributed by atoms with van der Waals surface area (Å²) in [6.07, 6.45) is 10.1. The first-order chi connectivity index (χ1) is 11.8. The Kier molecular flexibility index (Phi) is 6.47. The maximum atomic E-state index is 12.3. The van der Waals surface area contributed by atoms with E-state index in [1.165, 1.54) is 19.3 Å². The fourth-order valence-electron chi connectivity index (χ4n) is 3.79. The summed E-state index contributed by atoms with van der Waals surface area (Å²) in [6.45, 7) is 3.15. The number of nitrogens with zero attached hydrogens (tertiary/aromatic N) is 2. The van der Waals surface area contributed by atoms with Crippen molar-refractivity contribution in [3.8, 4) is 5.88 Å². The van der Waals surface area contributed by atoms with E-state index in [4.69, 9.17) is 4.74 Å². The Morgan fingerprint density at radius 2 is 2.08 bits per heavy atom. The number of amides is 1. The molecule has 1 saturated carbocycles. The minimum Gasteiger partial charge on any atom is -0.477 e. The van der Waals surface area contributed by atoms with E-state index >= 15 is 0 Å². The molecule has 1 atom stereocenters. The van der Waals surface area contributed by atoms with Crippen LogP contribution in [-0.2, 0) is 4.79 Å². The van der Waals surface area contributed by atoms with E-state index < -0.39 is 0 Å². The lowest BCUT2D eigenvalue weighted by molar-refractivity contribution is -0.123. The summed E-state index contributed by atoms with van der Waals surface area (Å²) in [5.74, 6) is 1.35. The first kappa shape index (κ1) is 17.2. The van der Waals surface area contributed by atoms with Crippen LogP contribution in [0, 0.1) is 5.92 Å². The predicted octanol–water partition coefficient (Wildman–Crippen LogP) is 2.62. The van der Waals surface area contributed by atoms with E-state index in [0.29, 0.717) is 31.0 Å². The van der Waals surface area contributed by atoms with Gasteiger partial charge in [-0.2, -0.15) is 0 Å². The van der Waals surface area contributed by atoms with Crippen LogP contribution < -0.4 is 10.1 Å². The van der Waals surface area contributed by atoms with Crippen LogP contribution in [-0.4, -0.2) is 48.1 Å². The second-order valence-electron chi connectivity index (χ2n) is 7.12. The van der Waals surface area contributed by atoms with Crippen molar-refractivity contribution in [3.05, 3.63) is 24.4 Å². The van der Waals surface area contributed by atoms with Gasteiger partial charge in [-0.1, -0.05) is 25.3 Å². The van der Waals surface area contributed by atoms with Gasteiger partial charge in [0.15, 0.2) is 0 Å². The highest BCUT2D eigenvalue weighted by Crippen LogP contribution is 2.19. The van der Waals surface area contributed by atoms with E-state index in [0.717, 1.165) is 38.8 Å². The van der Waals surface area contributed by atoms with Gasteiger partial charge >= 0.3 is 0 Å². The van der Waals surface area contributed by atoms with Gasteiger partial charge in [-0.3, -0.25) is 9.69 Å². The molecule has 24 heavy (non-hydrogen) atoms. The van der Waals surface area contributed by atoms with Crippen LogP contribution in [0.3, 0.4) is 0 Å². The molecule has 0 aromatic carbocycles. The molecule has 1 N–H and O–H groups in total. The van der Waals surface area contributed by atoms with E-state index in [1.54, 1.807) is 6.20 Å². The van der Waals surface area contributed by atoms with E-state index in [-0.39, 0.29) is 5.91 Å². The molecule has 1 unspecified atom stereocenters. The summed E-state index contributed by atoms with van der Waals surface area (Å²) < 4.78 is 5.78. The molecule has 132 valence electrons. The molecular formula is C19H29N3O2. The van der Waals surface area contributed by atoms with Crippen LogP contribution in [0.2, 0.25) is 0 Å². The summed E-state index contributed by atoms with van der Waals surface area (Å²) in [7, 11) is 0. The minimum atomic E-state index is 0.188. The van der Waals surface area contributed by atoms with Gasteiger partial charge in [0.05, 0.1) is 13.2 Å². The van der Waals surface area contributed by atoms with Crippen LogP contribution >= 0.6 is 0 Å². The molecule has 1 aliphatic carbocycles. The Hall–Kier alpha value is -1.62. The molecule has 2 aliphatic rings. The fraction of sp³-hybridized carbons (Fsp3) is 0.684. The van der Waals surface area contributed by atoms with Crippen LogP contribution in [0.15, 0.2) is 24.4 Å². The topological polar surface area (TPSA) is 54.5 Å². The van der Waals surface area contributed by atoms with Crippen LogP contribution in [0.5, 0.6) is 5.88 Å². The zero-order chi connectivity index (χ0) is 16.6. The average molecular weight is 331 g/mol. The highest BCUT2D eigenvalue weighted by molar-refractivity contribution is 5.78. The van der Waals surface area contributed by atoms with Crippen LogP contribution in [0.4, 0.5) is 0 Å². The van der Waals surface area contributed by atoms with Gasteiger partial charge in [0.2, 0.25) is 11.8 Å². The molecule has 5 nitrogen and oxygen atoms in total. The van der Waals surface area contributed by atoms with Crippen molar-refractivity contribution < 1.29 is 9.53 Å². The lowest BCUT2D eigenvalue weighted by atomic mass is 9.95. The zero-order valence-corrected chi connectivity index (χ0v) is 14.5. The van der Waals surface area contributed by atoms with Gasteiger partial charge in [0.1, 0.15) is 0 Å². The maximum Gasteiger partial charge on any atom is 0.234 e. The van der Waals surface area contributed by atoms with Gasteiger partial charge in [-0.25, -0.2) is 4.98 Å². The lowest BCUT2D eigenvalue weighted by Crippen LogP contribution is -2.46. The van der Waals surface area contributed by atoms with Gasteiger partial charge < -0.3 is 10.1 Å². The van der Waals surface area contributed by atoms with Crippen molar-refractivity contribution in [2.24, 2.45) is 5.92 Å². The number of aromatic nitrogens is 1. The number of likely N-dealkylation sites (tertiary alicyclic amines) is 1. The number of rotatable bonds is 6. The Balaban J connectivity index is 1.39. The first-order valence-electron chi connectivity index (χ1n) is 9.35. The van der Waals surface area contributed by atoms with Crippen molar-refractivity contribution in [2.75, 3.05) is 26.2 Å². The predicted molar refractivity (Wildman–Crippen MR) is 93.9 cm³/mol. The van der Waals surface area contributed by atoms with Gasteiger partial charge in [0.25, 0.3) is 0 Å². The monoisotopic (exact) mass is 331 g/mol. The van der Waals surface area contributed by atoms with Gasteiger partial charge in [-0.15, -0.1) is 0 Å². The Morgan fingerprint density at radius 3 is 2.88 bits per heavy atom. The number of carbonyl (C=O) groups excluding carboxylic acids is 1. The molecule has 2 fully saturated rings. The number of nitrogens with one attached hydrogen (secondary N) is 1. The molecule has 5 heteroatoms. The number of pyridine rings is 1. The third-order valence-electron chi connectivity index (χ3n) is 5.05. The molecule has 1 amide bonds. The molecule has 1 saturated heterocycles. The molecule has 1 aromatic rings. The normalized spacial score (nSPS) is 22.9. The third-order valence-corrected chi connectivity index (χ3v) is 5.05. The molecule has 2 heterocycles. The average Bonchev–Trinajstić information content (AvgIpc) is 2.62. The second kappa shape index (κ2) is 9.02. The summed E-state index contributed by atoms with van der Waals surface area (Å²) >= 11 is 0. The van der Waals surface area contributed by atoms with Crippen molar-refractivity contribution in [2.45, 2.75) is 51.0 Å². The van der Waals surface area contributed by atoms with E-state index in [1.807, 2.05) is 18.2 Å². The van der Waals surface area contributed by atoms with Gasteiger partial charge in [0, 0.05) is 30.8 Å². The highest BCUT2D eigenvalue weighted by atomic mass is 16.5. The summed E-state index contributed by atoms with van der Waals surface area (Å²) in [5.41, 5.74) is 0. The molecule has 3 rings (SSSR count). The second-order valence-corrected chi connectivity index (χ2v) is 7.12. The maximum absolute atomic E-state index is 12.3. The van der Waals surface area contributed by atoms with Crippen LogP contribution in [0.25, 0.3) is 0 Å². The number of hydrogen-bond acceptors (Lipinski definition) is 4. The third kappa shape index (κ3) is 5.48. The lowest BCUT2D eigenvalue weighted by Gasteiger charge is -2.32. The number of hydrogen-bond donors (Lipinski definition) is 1. The Morgan fingerprint density at radius 1 is 1.21 bits per heavy atom. The number of carbonyl (C=O) groups is 1. The Labute approximate surface area is 144 Å². The van der Waals surface area contributed by atoms with Gasteiger partial charge in [-0.05, 0) is 38.3 Å². The van der Waals surface area contributed by atoms with Crippen molar-refractivity contribution >= 4 is 5.91 Å². The molecule has 0 spiro atoms. The molecular weight excluding hydrogens is 302 g/mol. The summed E-state index contributed by atoms with van der Waals surface area (Å²) in [6, 6.07) is 6.11. The number of ether oxygens (including phenoxy) is 1. The standard InChI is InChI=1S/C19H29N3O2/c23-18(21-17-8-2-1-3-9-17)14-22-12-6-7-16(13-22)15-24-19-10-4-5-11-20-19/h4-5,10-11,16-17H,1-3,6-9,12-15H2,(H,21,23). The summed E-state index contributed by atoms with van der Waals surface area (Å²) in [4.78, 5) is 18.7. The first-order valence-corrected chi connectivity index (χ1v) is 9.35. The number of piperidine rings is 1. The summed E-state index contributed by atoms with van der Waals surface area (Å²) in [5, 5.41) is 3.22. The van der Waals surface area contributed by atoms with E-state index in [2.05, 4.69) is 15.2 Å². The SMILES string of the molecule is O=C(CN1CCCC(COc2ccccn2)C1)NC1CCCCC1. The quantitative estimate of drug-likeness (QED) is 0.871. The molecule has 0 radical (unpaired) electrons. The van der Waals surface area contributed by atoms with Crippen molar-refractivity contribution in [3.63, 3.8) is 0 Å². The largest absolute Gasteiger partial charge is 0.477 e. The smallest absolute Gasteiger partial charge is 0.234 e. The molecule has 1 aliphatic heterocycles.